The number of nitrogens with zero attached hydrogens (tertiary/aromatic N) is 2. The molecule has 8 nitrogen and oxygen atoms in total. The van der Waals surface area contributed by atoms with Crippen LogP contribution >= 0.6 is 0 Å². The number of nitrogens with one attached hydrogen (secondary N) is 1. The fourth-order valence-corrected chi connectivity index (χ4v) is 2.17. The molecule has 2 rings (SSSR count). The van der Waals surface area contributed by atoms with Crippen LogP contribution < -0.4 is 14.8 Å². The number of carboxylic acid groups (broad SMARTS) is 1. The van der Waals surface area contributed by atoms with Crippen molar-refractivity contribution in [3.05, 3.63) is 47.5 Å². The second-order valence-electron chi connectivity index (χ2n) is 6.29. The van der Waals surface area contributed by atoms with E-state index in [1.165, 1.54) is 0 Å². The molecule has 0 spiro atoms. The van der Waals surface area contributed by atoms with Crippen LogP contribution in [0.25, 0.3) is 0 Å². The van der Waals surface area contributed by atoms with E-state index in [9.17, 15) is 9.59 Å². The van der Waals surface area contributed by atoms with Crippen LogP contribution in [0, 0.1) is 5.92 Å². The highest BCUT2D eigenvalue weighted by Crippen LogP contribution is 2.28. The van der Waals surface area contributed by atoms with Gasteiger partial charge < -0.3 is 19.9 Å². The van der Waals surface area contributed by atoms with Crippen LogP contribution in [0.3, 0.4) is 0 Å². The van der Waals surface area contributed by atoms with E-state index in [1.807, 2.05) is 12.1 Å². The Bertz CT molecular complexity index is 790. The van der Waals surface area contributed by atoms with Crippen LogP contribution in [0.5, 0.6) is 11.5 Å². The van der Waals surface area contributed by atoms with Crippen molar-refractivity contribution in [3.63, 3.8) is 0 Å². The summed E-state index contributed by atoms with van der Waals surface area (Å²) in [5.41, 5.74) is 0.650. The Labute approximate surface area is 157 Å². The number of carbonyl (C=O) groups excluding carboxylic acids is 1. The Morgan fingerprint density at radius 3 is 2.44 bits per heavy atom. The van der Waals surface area contributed by atoms with E-state index in [1.54, 1.807) is 13.2 Å². The van der Waals surface area contributed by atoms with Gasteiger partial charge in [0.25, 0.3) is 5.91 Å². The Kier molecular flexibility index (Phi) is 7.10. The first-order valence-corrected chi connectivity index (χ1v) is 8.54. The van der Waals surface area contributed by atoms with Gasteiger partial charge in [-0.3, -0.25) is 4.79 Å². The molecule has 0 radical (unpaired) electrons. The average molecular weight is 373 g/mol. The van der Waals surface area contributed by atoms with Crippen molar-refractivity contribution in [2.75, 3.05) is 13.7 Å². The van der Waals surface area contributed by atoms with Gasteiger partial charge in [0.05, 0.1) is 26.1 Å². The second-order valence-corrected chi connectivity index (χ2v) is 6.29. The van der Waals surface area contributed by atoms with E-state index in [0.717, 1.165) is 24.4 Å². The van der Waals surface area contributed by atoms with Gasteiger partial charge >= 0.3 is 5.97 Å². The minimum absolute atomic E-state index is 0.0422. The number of rotatable bonds is 9. The highest BCUT2D eigenvalue weighted by Gasteiger charge is 2.12. The number of benzene rings is 1. The molecule has 1 aromatic carbocycles. The normalized spacial score (nSPS) is 10.5. The van der Waals surface area contributed by atoms with Gasteiger partial charge in [-0.1, -0.05) is 19.9 Å². The lowest BCUT2D eigenvalue weighted by Crippen LogP contribution is -2.24. The van der Waals surface area contributed by atoms with Crippen LogP contribution in [-0.2, 0) is 6.54 Å². The Hall–Kier alpha value is -3.16. The number of carbonyl (C=O) groups is 2. The zero-order valence-electron chi connectivity index (χ0n) is 15.6. The van der Waals surface area contributed by atoms with E-state index in [0.29, 0.717) is 24.0 Å². The zero-order chi connectivity index (χ0) is 19.8. The molecule has 1 heterocycles. The van der Waals surface area contributed by atoms with Crippen LogP contribution in [0.15, 0.2) is 30.6 Å². The molecule has 0 aliphatic heterocycles. The maximum absolute atomic E-state index is 12.1. The number of hydrogen-bond acceptors (Lipinski definition) is 6. The van der Waals surface area contributed by atoms with Crippen molar-refractivity contribution in [1.82, 2.24) is 15.3 Å². The third kappa shape index (κ3) is 5.95. The molecule has 0 fully saturated rings. The predicted octanol–water partition coefficient (Wildman–Crippen LogP) is 2.54. The van der Waals surface area contributed by atoms with Crippen molar-refractivity contribution in [1.29, 1.82) is 0 Å². The average Bonchev–Trinajstić information content (AvgIpc) is 2.66. The zero-order valence-corrected chi connectivity index (χ0v) is 15.6. The molecule has 1 amide bonds. The number of aromatic nitrogens is 2. The summed E-state index contributed by atoms with van der Waals surface area (Å²) < 4.78 is 11.1. The number of carboxylic acids is 1. The number of aromatic carboxylic acids is 1. The van der Waals surface area contributed by atoms with Gasteiger partial charge in [0, 0.05) is 6.54 Å². The van der Waals surface area contributed by atoms with Gasteiger partial charge in [-0.15, -0.1) is 0 Å². The monoisotopic (exact) mass is 373 g/mol. The summed E-state index contributed by atoms with van der Waals surface area (Å²) in [6.07, 6.45) is 3.12. The number of methoxy groups -OCH3 is 1. The van der Waals surface area contributed by atoms with Gasteiger partial charge in [0.2, 0.25) is 0 Å². The molecule has 0 atom stereocenters. The minimum atomic E-state index is -1.20. The molecule has 8 heteroatoms. The van der Waals surface area contributed by atoms with Gasteiger partial charge in [0.15, 0.2) is 17.2 Å². The second kappa shape index (κ2) is 9.51. The maximum atomic E-state index is 12.1. The molecule has 0 aliphatic rings. The minimum Gasteiger partial charge on any atom is -0.493 e. The molecule has 27 heavy (non-hydrogen) atoms. The summed E-state index contributed by atoms with van der Waals surface area (Å²) in [7, 11) is 1.56. The van der Waals surface area contributed by atoms with Crippen molar-refractivity contribution in [3.8, 4) is 11.5 Å². The summed E-state index contributed by atoms with van der Waals surface area (Å²) in [4.78, 5) is 30.3. The Balaban J connectivity index is 1.96. The molecule has 0 bridgehead atoms. The van der Waals surface area contributed by atoms with E-state index in [4.69, 9.17) is 14.6 Å². The quantitative estimate of drug-likeness (QED) is 0.695. The van der Waals surface area contributed by atoms with Gasteiger partial charge in [-0.25, -0.2) is 14.8 Å². The molecule has 0 saturated carbocycles. The lowest BCUT2D eigenvalue weighted by atomic mass is 10.1. The lowest BCUT2D eigenvalue weighted by Gasteiger charge is -2.13. The smallest absolute Gasteiger partial charge is 0.356 e. The number of hydrogen-bond donors (Lipinski definition) is 2. The third-order valence-electron chi connectivity index (χ3n) is 3.74. The summed E-state index contributed by atoms with van der Waals surface area (Å²) in [6.45, 7) is 5.12. The Morgan fingerprint density at radius 1 is 1.15 bits per heavy atom. The van der Waals surface area contributed by atoms with E-state index < -0.39 is 11.9 Å². The highest BCUT2D eigenvalue weighted by molar-refractivity contribution is 5.92. The predicted molar refractivity (Wildman–Crippen MR) is 98.1 cm³/mol. The maximum Gasteiger partial charge on any atom is 0.356 e. The number of amides is 1. The summed E-state index contributed by atoms with van der Waals surface area (Å²) in [5, 5.41) is 11.5. The van der Waals surface area contributed by atoms with Gasteiger partial charge in [0.1, 0.15) is 5.69 Å². The topological polar surface area (TPSA) is 111 Å². The largest absolute Gasteiger partial charge is 0.493 e. The van der Waals surface area contributed by atoms with Crippen LogP contribution in [-0.4, -0.2) is 40.7 Å². The molecule has 1 aromatic heterocycles. The molecule has 2 aromatic rings. The summed E-state index contributed by atoms with van der Waals surface area (Å²) in [6, 6.07) is 5.44. The van der Waals surface area contributed by atoms with Gasteiger partial charge in [-0.2, -0.15) is 0 Å². The lowest BCUT2D eigenvalue weighted by molar-refractivity contribution is 0.0689. The van der Waals surface area contributed by atoms with E-state index >= 15 is 0 Å². The molecular formula is C19H23N3O5. The van der Waals surface area contributed by atoms with Gasteiger partial charge in [-0.05, 0) is 30.0 Å². The third-order valence-corrected chi connectivity index (χ3v) is 3.74. The van der Waals surface area contributed by atoms with E-state index in [2.05, 4.69) is 29.1 Å². The fourth-order valence-electron chi connectivity index (χ4n) is 2.17. The van der Waals surface area contributed by atoms with Crippen molar-refractivity contribution < 1.29 is 24.2 Å². The SMILES string of the molecule is COc1cc(CNC(=O)c2cnc(C(=O)O)cn2)ccc1OCCC(C)C. The van der Waals surface area contributed by atoms with Crippen molar-refractivity contribution >= 4 is 11.9 Å². The van der Waals surface area contributed by atoms with E-state index in [-0.39, 0.29) is 17.9 Å². The standard InChI is InChI=1S/C19H23N3O5/c1-12(2)6-7-27-16-5-4-13(8-17(16)26-3)9-22-18(23)14-10-21-15(11-20-14)19(24)25/h4-5,8,10-12H,6-7,9H2,1-3H3,(H,22,23)(H,24,25). The molecule has 2 N–H and O–H groups in total. The highest BCUT2D eigenvalue weighted by atomic mass is 16.5. The van der Waals surface area contributed by atoms with Crippen molar-refractivity contribution in [2.24, 2.45) is 5.92 Å². The first-order chi connectivity index (χ1) is 12.9. The summed E-state index contributed by atoms with van der Waals surface area (Å²) in [5.74, 6) is 0.158. The molecule has 144 valence electrons. The van der Waals surface area contributed by atoms with Crippen LogP contribution in [0.4, 0.5) is 0 Å². The molecule has 0 aliphatic carbocycles. The van der Waals surface area contributed by atoms with Crippen molar-refractivity contribution in [2.45, 2.75) is 26.8 Å². The Morgan fingerprint density at radius 2 is 1.85 bits per heavy atom. The molecular weight excluding hydrogens is 350 g/mol. The number of ether oxygens (including phenoxy) is 2. The van der Waals surface area contributed by atoms with Crippen LogP contribution in [0.1, 0.15) is 46.8 Å². The first kappa shape index (κ1) is 20.2. The summed E-state index contributed by atoms with van der Waals surface area (Å²) >= 11 is 0. The van der Waals surface area contributed by atoms with Crippen LogP contribution in [0.2, 0.25) is 0 Å². The molecule has 0 unspecified atom stereocenters. The fraction of sp³-hybridized carbons (Fsp3) is 0.368. The first-order valence-electron chi connectivity index (χ1n) is 8.54. The molecule has 0 saturated heterocycles.